The zero-order valence-corrected chi connectivity index (χ0v) is 17.3. The molecule has 1 saturated heterocycles. The molecule has 3 rings (SSSR count). The number of nitrogens with zero attached hydrogens (tertiary/aromatic N) is 1. The second-order valence-corrected chi connectivity index (χ2v) is 8.05. The van der Waals surface area contributed by atoms with Crippen molar-refractivity contribution in [2.45, 2.75) is 32.4 Å². The van der Waals surface area contributed by atoms with Gasteiger partial charge in [-0.25, -0.2) is 4.79 Å². The number of nitrogens with one attached hydrogen (secondary N) is 3. The van der Waals surface area contributed by atoms with E-state index >= 15 is 0 Å². The summed E-state index contributed by atoms with van der Waals surface area (Å²) in [5.41, 5.74) is 2.59. The smallest absolute Gasteiger partial charge is 0.410 e. The van der Waals surface area contributed by atoms with Gasteiger partial charge in [0, 0.05) is 31.4 Å². The van der Waals surface area contributed by atoms with Gasteiger partial charge in [0.05, 0.1) is 17.4 Å². The van der Waals surface area contributed by atoms with Gasteiger partial charge in [0.25, 0.3) is 5.91 Å². The third kappa shape index (κ3) is 5.40. The van der Waals surface area contributed by atoms with E-state index in [0.717, 1.165) is 17.1 Å². The summed E-state index contributed by atoms with van der Waals surface area (Å²) in [5, 5.41) is 9.34. The molecule has 3 N–H and O–H groups in total. The number of hydrogen-bond acceptors (Lipinski definition) is 5. The van der Waals surface area contributed by atoms with Crippen LogP contribution in [0.4, 0.5) is 21.9 Å². The largest absolute Gasteiger partial charge is 0.444 e. The minimum absolute atomic E-state index is 0.168. The Labute approximate surface area is 171 Å². The number of anilines is 3. The number of hydrogen-bond donors (Lipinski definition) is 3. The Kier molecular flexibility index (Phi) is 5.96. The van der Waals surface area contributed by atoms with Gasteiger partial charge in [0.2, 0.25) is 0 Å². The van der Waals surface area contributed by atoms with E-state index in [1.165, 1.54) is 0 Å². The van der Waals surface area contributed by atoms with E-state index in [2.05, 4.69) is 16.0 Å². The molecule has 0 unspecified atom stereocenters. The minimum Gasteiger partial charge on any atom is -0.444 e. The molecule has 2 aromatic rings. The van der Waals surface area contributed by atoms with Crippen LogP contribution < -0.4 is 16.0 Å². The highest BCUT2D eigenvalue weighted by Gasteiger charge is 2.33. The molecular formula is C22H28N4O3. The molecule has 0 bridgehead atoms. The molecule has 2 aromatic carbocycles. The normalized spacial score (nSPS) is 14.0. The maximum Gasteiger partial charge on any atom is 0.410 e. The monoisotopic (exact) mass is 396 g/mol. The zero-order valence-electron chi connectivity index (χ0n) is 17.3. The summed E-state index contributed by atoms with van der Waals surface area (Å²) >= 11 is 0. The second kappa shape index (κ2) is 8.43. The number of likely N-dealkylation sites (tertiary alicyclic amines) is 1. The van der Waals surface area contributed by atoms with Crippen LogP contribution in [0.25, 0.3) is 0 Å². The van der Waals surface area contributed by atoms with Crippen LogP contribution in [-0.2, 0) is 4.74 Å². The van der Waals surface area contributed by atoms with Crippen LogP contribution in [-0.4, -0.2) is 48.7 Å². The average molecular weight is 396 g/mol. The van der Waals surface area contributed by atoms with Crippen molar-refractivity contribution in [3.8, 4) is 0 Å². The van der Waals surface area contributed by atoms with Crippen molar-refractivity contribution in [3.63, 3.8) is 0 Å². The van der Waals surface area contributed by atoms with E-state index in [1.54, 1.807) is 17.0 Å². The first kappa shape index (κ1) is 20.5. The predicted octanol–water partition coefficient (Wildman–Crippen LogP) is 4.01. The number of carbonyl (C=O) groups is 2. The first-order chi connectivity index (χ1) is 13.7. The lowest BCUT2D eigenvalue weighted by Crippen LogP contribution is -2.57. The molecule has 0 aromatic heterocycles. The Bertz CT molecular complexity index is 868. The molecule has 7 nitrogen and oxygen atoms in total. The summed E-state index contributed by atoms with van der Waals surface area (Å²) in [6.07, 6.45) is -0.288. The van der Waals surface area contributed by atoms with Crippen molar-refractivity contribution in [1.82, 2.24) is 4.90 Å². The fourth-order valence-corrected chi connectivity index (χ4v) is 3.00. The molecule has 2 amide bonds. The highest BCUT2D eigenvalue weighted by Crippen LogP contribution is 2.22. The highest BCUT2D eigenvalue weighted by molar-refractivity contribution is 6.06. The van der Waals surface area contributed by atoms with Gasteiger partial charge < -0.3 is 25.6 Å². The van der Waals surface area contributed by atoms with Crippen molar-refractivity contribution in [2.75, 3.05) is 36.1 Å². The van der Waals surface area contributed by atoms with E-state index in [-0.39, 0.29) is 18.0 Å². The van der Waals surface area contributed by atoms with Gasteiger partial charge in [-0.3, -0.25) is 4.79 Å². The molecule has 1 heterocycles. The number of benzene rings is 2. The van der Waals surface area contributed by atoms with E-state index < -0.39 is 5.60 Å². The third-order valence-electron chi connectivity index (χ3n) is 4.50. The summed E-state index contributed by atoms with van der Waals surface area (Å²) in [4.78, 5) is 26.1. The summed E-state index contributed by atoms with van der Waals surface area (Å²) in [6, 6.07) is 15.0. The van der Waals surface area contributed by atoms with Crippen LogP contribution in [0.15, 0.2) is 48.5 Å². The van der Waals surface area contributed by atoms with Crippen molar-refractivity contribution < 1.29 is 14.3 Å². The number of carbonyl (C=O) groups excluding carboxylic acids is 2. The van der Waals surface area contributed by atoms with E-state index in [0.29, 0.717) is 18.7 Å². The lowest BCUT2D eigenvalue weighted by molar-refractivity contribution is 0.0105. The summed E-state index contributed by atoms with van der Waals surface area (Å²) < 4.78 is 5.36. The Morgan fingerprint density at radius 1 is 1.00 bits per heavy atom. The number of ether oxygens (including phenoxy) is 1. The molecule has 7 heteroatoms. The fourth-order valence-electron chi connectivity index (χ4n) is 3.00. The highest BCUT2D eigenvalue weighted by atomic mass is 16.6. The van der Waals surface area contributed by atoms with Gasteiger partial charge in [-0.05, 0) is 57.2 Å². The molecule has 0 saturated carbocycles. The molecule has 1 aliphatic heterocycles. The standard InChI is InChI=1S/C22H28N4O3/c1-22(2,3)29-21(28)26-13-17(14-26)24-16-11-9-15(10-12-16)20(27)25-19-8-6-5-7-18(19)23-4/h5-12,17,23-24H,13-14H2,1-4H3,(H,25,27). The van der Waals surface area contributed by atoms with Crippen molar-refractivity contribution >= 4 is 29.1 Å². The fraction of sp³-hybridized carbons (Fsp3) is 0.364. The predicted molar refractivity (Wildman–Crippen MR) is 116 cm³/mol. The van der Waals surface area contributed by atoms with Gasteiger partial charge in [0.15, 0.2) is 0 Å². The maximum absolute atomic E-state index is 12.5. The lowest BCUT2D eigenvalue weighted by atomic mass is 10.1. The Hall–Kier alpha value is -3.22. The van der Waals surface area contributed by atoms with Gasteiger partial charge in [-0.2, -0.15) is 0 Å². The van der Waals surface area contributed by atoms with Crippen LogP contribution >= 0.6 is 0 Å². The second-order valence-electron chi connectivity index (χ2n) is 8.05. The quantitative estimate of drug-likeness (QED) is 0.711. The topological polar surface area (TPSA) is 82.7 Å². The molecular weight excluding hydrogens is 368 g/mol. The van der Waals surface area contributed by atoms with Gasteiger partial charge in [-0.15, -0.1) is 0 Å². The molecule has 0 aliphatic carbocycles. The molecule has 0 spiro atoms. The van der Waals surface area contributed by atoms with Gasteiger partial charge in [0.1, 0.15) is 5.60 Å². The first-order valence-electron chi connectivity index (χ1n) is 9.68. The van der Waals surface area contributed by atoms with E-state index in [4.69, 9.17) is 4.74 Å². The van der Waals surface area contributed by atoms with Crippen LogP contribution in [0.5, 0.6) is 0 Å². The van der Waals surface area contributed by atoms with Crippen LogP contribution in [0.2, 0.25) is 0 Å². The van der Waals surface area contributed by atoms with Gasteiger partial charge in [-0.1, -0.05) is 12.1 Å². The molecule has 0 radical (unpaired) electrons. The Balaban J connectivity index is 1.51. The van der Waals surface area contributed by atoms with E-state index in [9.17, 15) is 9.59 Å². The summed E-state index contributed by atoms with van der Waals surface area (Å²) in [5.74, 6) is -0.168. The molecule has 0 atom stereocenters. The van der Waals surface area contributed by atoms with Crippen molar-refractivity contribution in [1.29, 1.82) is 0 Å². The number of amides is 2. The summed E-state index contributed by atoms with van der Waals surface area (Å²) in [6.45, 7) is 6.76. The van der Waals surface area contributed by atoms with Crippen LogP contribution in [0, 0.1) is 0 Å². The Morgan fingerprint density at radius 3 is 2.21 bits per heavy atom. The molecule has 29 heavy (non-hydrogen) atoms. The van der Waals surface area contributed by atoms with Crippen molar-refractivity contribution in [2.24, 2.45) is 0 Å². The SMILES string of the molecule is CNc1ccccc1NC(=O)c1ccc(NC2CN(C(=O)OC(C)(C)C)C2)cc1. The average Bonchev–Trinajstić information content (AvgIpc) is 2.63. The lowest BCUT2D eigenvalue weighted by Gasteiger charge is -2.40. The maximum atomic E-state index is 12.5. The Morgan fingerprint density at radius 2 is 1.62 bits per heavy atom. The summed E-state index contributed by atoms with van der Waals surface area (Å²) in [7, 11) is 1.82. The van der Waals surface area contributed by atoms with Gasteiger partial charge >= 0.3 is 6.09 Å². The van der Waals surface area contributed by atoms with Crippen LogP contribution in [0.1, 0.15) is 31.1 Å². The van der Waals surface area contributed by atoms with Crippen LogP contribution in [0.3, 0.4) is 0 Å². The number of rotatable bonds is 5. The minimum atomic E-state index is -0.486. The molecule has 1 aliphatic rings. The molecule has 154 valence electrons. The first-order valence-corrected chi connectivity index (χ1v) is 9.68. The third-order valence-corrected chi connectivity index (χ3v) is 4.50. The van der Waals surface area contributed by atoms with Crippen molar-refractivity contribution in [3.05, 3.63) is 54.1 Å². The number of para-hydroxylation sites is 2. The zero-order chi connectivity index (χ0) is 21.0. The molecule has 1 fully saturated rings. The van der Waals surface area contributed by atoms with E-state index in [1.807, 2.05) is 64.2 Å².